The lowest BCUT2D eigenvalue weighted by Gasteiger charge is -2.26. The molecule has 0 spiro atoms. The van der Waals surface area contributed by atoms with Crippen molar-refractivity contribution >= 4 is 46.3 Å². The Labute approximate surface area is 261 Å². The second-order valence-electron chi connectivity index (χ2n) is 10.3. The highest BCUT2D eigenvalue weighted by atomic mass is 16.5. The van der Waals surface area contributed by atoms with E-state index >= 15 is 0 Å². The van der Waals surface area contributed by atoms with Gasteiger partial charge in [-0.05, 0) is 62.3 Å². The number of aryl methyl sites for hydroxylation is 1. The summed E-state index contributed by atoms with van der Waals surface area (Å²) >= 11 is 0. The molecule has 0 aliphatic rings. The van der Waals surface area contributed by atoms with Crippen molar-refractivity contribution in [3.8, 4) is 5.75 Å². The van der Waals surface area contributed by atoms with Crippen LogP contribution in [0.15, 0.2) is 67.5 Å². The molecule has 0 aliphatic carbocycles. The Morgan fingerprint density at radius 2 is 1.89 bits per heavy atom. The minimum absolute atomic E-state index is 0.314. The molecular weight excluding hydrogens is 552 g/mol. The van der Waals surface area contributed by atoms with Crippen molar-refractivity contribution in [1.29, 1.82) is 5.41 Å². The average Bonchev–Trinajstić information content (AvgIpc) is 3.03. The summed E-state index contributed by atoms with van der Waals surface area (Å²) in [5.41, 5.74) is 7.72. The summed E-state index contributed by atoms with van der Waals surface area (Å²) in [5.74, 6) is 0.646. The van der Waals surface area contributed by atoms with E-state index in [0.717, 1.165) is 58.7 Å². The molecule has 1 heterocycles. The van der Waals surface area contributed by atoms with Gasteiger partial charge in [-0.15, -0.1) is 0 Å². The lowest BCUT2D eigenvalue weighted by atomic mass is 9.92. The van der Waals surface area contributed by atoms with Crippen LogP contribution >= 0.6 is 0 Å². The monoisotopic (exact) mass is 596 g/mol. The number of carbonyl (C=O) groups is 1. The van der Waals surface area contributed by atoms with Crippen LogP contribution in [0.2, 0.25) is 0 Å². The molecule has 4 N–H and O–H groups in total. The number of methoxy groups -OCH3 is 1. The normalized spacial score (nSPS) is 11.6. The largest absolute Gasteiger partial charge is 0.494 e. The van der Waals surface area contributed by atoms with Gasteiger partial charge in [-0.25, -0.2) is 9.97 Å². The van der Waals surface area contributed by atoms with Gasteiger partial charge in [-0.3, -0.25) is 4.79 Å². The first-order valence-electron chi connectivity index (χ1n) is 14.5. The maximum atomic E-state index is 12.3. The number of hydrogen-bond donors (Lipinski definition) is 4. The predicted molar refractivity (Wildman–Crippen MR) is 183 cm³/mol. The minimum atomic E-state index is -0.314. The second-order valence-corrected chi connectivity index (χ2v) is 10.3. The van der Waals surface area contributed by atoms with E-state index in [1.165, 1.54) is 12.3 Å². The Hall–Kier alpha value is -4.96. The molecule has 10 heteroatoms. The van der Waals surface area contributed by atoms with Gasteiger partial charge in [0.1, 0.15) is 5.75 Å². The Bertz CT molecular complexity index is 1540. The summed E-state index contributed by atoms with van der Waals surface area (Å²) in [4.78, 5) is 25.8. The molecule has 0 radical (unpaired) electrons. The molecule has 1 amide bonds. The average molecular weight is 597 g/mol. The zero-order valence-corrected chi connectivity index (χ0v) is 26.8. The number of rotatable bonds is 15. The number of anilines is 4. The van der Waals surface area contributed by atoms with E-state index in [1.807, 2.05) is 71.7 Å². The zero-order chi connectivity index (χ0) is 32.2. The van der Waals surface area contributed by atoms with Crippen LogP contribution in [0, 0.1) is 5.41 Å². The van der Waals surface area contributed by atoms with E-state index in [-0.39, 0.29) is 5.91 Å². The number of likely N-dealkylation sites (N-methyl/N-ethyl adjacent to an activating group) is 2. The highest BCUT2D eigenvalue weighted by Gasteiger charge is 2.18. The molecule has 0 fully saturated rings. The molecule has 2 aromatic carbocycles. The number of hydrogen-bond acceptors (Lipinski definition) is 9. The highest BCUT2D eigenvalue weighted by Crippen LogP contribution is 2.38. The van der Waals surface area contributed by atoms with Crippen LogP contribution < -0.4 is 25.6 Å². The van der Waals surface area contributed by atoms with Crippen molar-refractivity contribution in [2.45, 2.75) is 20.3 Å². The van der Waals surface area contributed by atoms with Crippen LogP contribution in [0.1, 0.15) is 36.2 Å². The summed E-state index contributed by atoms with van der Waals surface area (Å²) < 4.78 is 5.75. The van der Waals surface area contributed by atoms with Gasteiger partial charge >= 0.3 is 0 Å². The number of ether oxygens (including phenoxy) is 1. The second kappa shape index (κ2) is 16.0. The lowest BCUT2D eigenvalue weighted by molar-refractivity contribution is -0.111. The summed E-state index contributed by atoms with van der Waals surface area (Å²) in [7, 11) is 9.44. The zero-order valence-electron chi connectivity index (χ0n) is 26.8. The van der Waals surface area contributed by atoms with Gasteiger partial charge in [0, 0.05) is 63.0 Å². The van der Waals surface area contributed by atoms with Crippen LogP contribution in [0.3, 0.4) is 0 Å². The van der Waals surface area contributed by atoms with Crippen molar-refractivity contribution in [3.05, 3.63) is 89.9 Å². The predicted octanol–water partition coefficient (Wildman–Crippen LogP) is 5.57. The molecule has 0 saturated carbocycles. The van der Waals surface area contributed by atoms with Crippen LogP contribution in [-0.4, -0.2) is 75.4 Å². The van der Waals surface area contributed by atoms with Crippen LogP contribution in [0.5, 0.6) is 5.75 Å². The number of amides is 1. The maximum Gasteiger partial charge on any atom is 0.247 e. The summed E-state index contributed by atoms with van der Waals surface area (Å²) in [6, 6.07) is 11.8. The van der Waals surface area contributed by atoms with Crippen molar-refractivity contribution in [3.63, 3.8) is 0 Å². The standard InChI is InChI=1S/C34H44N8O2/c1-9-23-18-24(25(21-35)22-36-4)12-13-27(23)26(10-2)28-14-15-37-34(39-28)40-30-19-29(38-33(43)11-3)31(20-32(30)44-8)42(7)17-16-41(5)6/h10-15,18-22,35-36H,3,9,16-17H2,1-2,4-8H3,(H,38,43)(H,37,39,40)/b25-22+,26-10+,35-21?. The van der Waals surface area contributed by atoms with Gasteiger partial charge in [0.05, 0.1) is 29.9 Å². The van der Waals surface area contributed by atoms with Crippen LogP contribution in [-0.2, 0) is 11.2 Å². The third-order valence-electron chi connectivity index (χ3n) is 7.09. The summed E-state index contributed by atoms with van der Waals surface area (Å²) in [6.07, 6.45) is 8.98. The highest BCUT2D eigenvalue weighted by molar-refractivity contribution is 6.08. The van der Waals surface area contributed by atoms with Gasteiger partial charge in [-0.1, -0.05) is 37.8 Å². The molecule has 0 aliphatic heterocycles. The van der Waals surface area contributed by atoms with E-state index < -0.39 is 0 Å². The molecule has 0 bridgehead atoms. The number of nitrogens with one attached hydrogen (secondary N) is 4. The van der Waals surface area contributed by atoms with E-state index in [4.69, 9.17) is 15.1 Å². The van der Waals surface area contributed by atoms with Gasteiger partial charge in [0.25, 0.3) is 0 Å². The lowest BCUT2D eigenvalue weighted by Crippen LogP contribution is -2.29. The third-order valence-corrected chi connectivity index (χ3v) is 7.09. The molecule has 3 rings (SSSR count). The summed E-state index contributed by atoms with van der Waals surface area (Å²) in [6.45, 7) is 9.28. The number of nitrogens with zero attached hydrogens (tertiary/aromatic N) is 4. The van der Waals surface area contributed by atoms with Crippen molar-refractivity contribution < 1.29 is 9.53 Å². The SMILES string of the molecule is C=CC(=O)Nc1cc(Nc2nccc(/C(=C/C)c3ccc(/C(C=N)=C/NC)cc3CC)n2)c(OC)cc1N(C)CCN(C)C. The van der Waals surface area contributed by atoms with Gasteiger partial charge < -0.3 is 35.9 Å². The van der Waals surface area contributed by atoms with Gasteiger partial charge in [-0.2, -0.15) is 0 Å². The number of benzene rings is 2. The van der Waals surface area contributed by atoms with Gasteiger partial charge in [0.2, 0.25) is 11.9 Å². The third kappa shape index (κ3) is 8.32. The smallest absolute Gasteiger partial charge is 0.247 e. The minimum Gasteiger partial charge on any atom is -0.494 e. The fourth-order valence-electron chi connectivity index (χ4n) is 4.73. The van der Waals surface area contributed by atoms with Crippen molar-refractivity contribution in [2.75, 3.05) is 63.9 Å². The Morgan fingerprint density at radius 3 is 2.50 bits per heavy atom. The molecule has 3 aromatic rings. The van der Waals surface area contributed by atoms with Crippen LogP contribution in [0.25, 0.3) is 11.1 Å². The quantitative estimate of drug-likeness (QED) is 0.133. The van der Waals surface area contributed by atoms with Crippen molar-refractivity contribution in [2.24, 2.45) is 0 Å². The molecule has 232 valence electrons. The fraction of sp³-hybridized carbons (Fsp3) is 0.294. The van der Waals surface area contributed by atoms with Gasteiger partial charge in [0.15, 0.2) is 0 Å². The number of allylic oxidation sites excluding steroid dienone is 2. The Kier molecular flexibility index (Phi) is 12.2. The molecule has 0 saturated heterocycles. The van der Waals surface area contributed by atoms with Crippen LogP contribution in [0.4, 0.5) is 23.0 Å². The first kappa shape index (κ1) is 33.5. The Morgan fingerprint density at radius 1 is 1.11 bits per heavy atom. The summed E-state index contributed by atoms with van der Waals surface area (Å²) in [5, 5.41) is 17.0. The first-order valence-corrected chi connectivity index (χ1v) is 14.5. The molecule has 1 aromatic heterocycles. The molecule has 10 nitrogen and oxygen atoms in total. The van der Waals surface area contributed by atoms with Crippen molar-refractivity contribution in [1.82, 2.24) is 20.2 Å². The van der Waals surface area contributed by atoms with E-state index in [0.29, 0.717) is 23.1 Å². The Balaban J connectivity index is 2.02. The maximum absolute atomic E-state index is 12.3. The molecule has 44 heavy (non-hydrogen) atoms. The topological polar surface area (TPSA) is 118 Å². The number of aromatic nitrogens is 2. The fourth-order valence-corrected chi connectivity index (χ4v) is 4.73. The molecular formula is C34H44N8O2. The van der Waals surface area contributed by atoms with E-state index in [1.54, 1.807) is 13.3 Å². The first-order chi connectivity index (χ1) is 21.2. The van der Waals surface area contributed by atoms with E-state index in [9.17, 15) is 4.79 Å². The van der Waals surface area contributed by atoms with E-state index in [2.05, 4.69) is 56.4 Å². The number of carbonyl (C=O) groups excluding carboxylic acids is 1. The molecule has 0 atom stereocenters. The molecule has 0 unspecified atom stereocenters.